The molecule has 140 valence electrons. The summed E-state index contributed by atoms with van der Waals surface area (Å²) in [5.41, 5.74) is 2.67. The molecule has 0 aliphatic carbocycles. The van der Waals surface area contributed by atoms with Gasteiger partial charge in [-0.05, 0) is 20.8 Å². The molecule has 0 aliphatic rings. The van der Waals surface area contributed by atoms with Crippen LogP contribution in [0.1, 0.15) is 36.8 Å². The molecule has 1 amide bonds. The van der Waals surface area contributed by atoms with Crippen LogP contribution >= 0.6 is 11.3 Å². The molecule has 2 heterocycles. The summed E-state index contributed by atoms with van der Waals surface area (Å²) >= 11 is 1.22. The lowest BCUT2D eigenvalue weighted by Gasteiger charge is -2.13. The van der Waals surface area contributed by atoms with Crippen molar-refractivity contribution in [1.82, 2.24) is 14.2 Å². The number of carbonyl (C=O) groups is 1. The maximum atomic E-state index is 12.7. The van der Waals surface area contributed by atoms with E-state index in [4.69, 9.17) is 9.57 Å². The quantitative estimate of drug-likeness (QED) is 0.555. The summed E-state index contributed by atoms with van der Waals surface area (Å²) in [6, 6.07) is 0. The van der Waals surface area contributed by atoms with Gasteiger partial charge in [0, 0.05) is 18.7 Å². The third-order valence-electron chi connectivity index (χ3n) is 3.09. The third kappa shape index (κ3) is 4.43. The number of nitrogens with one attached hydrogen (secondary N) is 1. The van der Waals surface area contributed by atoms with Crippen LogP contribution in [0.3, 0.4) is 0 Å². The fourth-order valence-corrected chi connectivity index (χ4v) is 2.43. The molecule has 2 aromatic heterocycles. The molecule has 0 spiro atoms. The van der Waals surface area contributed by atoms with E-state index in [0.29, 0.717) is 4.68 Å². The molecule has 10 nitrogen and oxygen atoms in total. The number of carbonyl (C=O) groups excluding carboxylic acids is 1. The van der Waals surface area contributed by atoms with Gasteiger partial charge in [-0.3, -0.25) is 19.6 Å². The number of hydrogen-bond donors (Lipinski definition) is 1. The summed E-state index contributed by atoms with van der Waals surface area (Å²) in [6.07, 6.45) is 1.13. The summed E-state index contributed by atoms with van der Waals surface area (Å²) in [6.45, 7) is 5.02. The van der Waals surface area contributed by atoms with Crippen molar-refractivity contribution in [3.8, 4) is 0 Å². The molecule has 2 rings (SSSR count). The Balaban J connectivity index is 2.52. The zero-order valence-corrected chi connectivity index (χ0v) is 15.6. The average Bonchev–Trinajstić information content (AvgIpc) is 3.13. The molecule has 1 N–H and O–H groups in total. The minimum Gasteiger partial charge on any atom is -0.393 e. The topological polar surface area (TPSA) is 117 Å². The number of hydrogen-bond acceptors (Lipinski definition) is 8. The number of aromatic nitrogens is 3. The zero-order chi connectivity index (χ0) is 19.3. The van der Waals surface area contributed by atoms with Crippen LogP contribution in [0.2, 0.25) is 0 Å². The molecule has 11 heteroatoms. The minimum atomic E-state index is -0.762. The van der Waals surface area contributed by atoms with Crippen molar-refractivity contribution in [2.24, 2.45) is 5.16 Å². The fraction of sp³-hybridized carbons (Fsp3) is 0.400. The van der Waals surface area contributed by atoms with E-state index < -0.39 is 17.2 Å². The van der Waals surface area contributed by atoms with Gasteiger partial charge in [0.15, 0.2) is 0 Å². The van der Waals surface area contributed by atoms with E-state index in [1.165, 1.54) is 35.5 Å². The van der Waals surface area contributed by atoms with Gasteiger partial charge in [0.2, 0.25) is 0 Å². The Labute approximate surface area is 152 Å². The van der Waals surface area contributed by atoms with Crippen molar-refractivity contribution in [1.29, 1.82) is 0 Å². The van der Waals surface area contributed by atoms with E-state index in [9.17, 15) is 14.4 Å². The SMILES string of the molecule is COCn1cc(/C(C)=N/OC(C)C)c(=O)n(NC(=O)c2cscn2)c1=O. The van der Waals surface area contributed by atoms with Gasteiger partial charge in [-0.15, -0.1) is 11.3 Å². The first-order valence-corrected chi connectivity index (χ1v) is 8.55. The van der Waals surface area contributed by atoms with E-state index in [2.05, 4.69) is 15.6 Å². The van der Waals surface area contributed by atoms with Crippen LogP contribution in [0, 0.1) is 0 Å². The molecule has 0 aliphatic heterocycles. The molecule has 26 heavy (non-hydrogen) atoms. The third-order valence-corrected chi connectivity index (χ3v) is 3.68. The Bertz CT molecular complexity index is 913. The number of nitrogens with zero attached hydrogens (tertiary/aromatic N) is 4. The summed E-state index contributed by atoms with van der Waals surface area (Å²) in [5, 5.41) is 5.38. The van der Waals surface area contributed by atoms with Crippen LogP contribution < -0.4 is 16.7 Å². The Kier molecular flexibility index (Phi) is 6.41. The molecule has 0 atom stereocenters. The van der Waals surface area contributed by atoms with Gasteiger partial charge in [-0.25, -0.2) is 9.78 Å². The molecule has 0 bridgehead atoms. The molecule has 0 aromatic carbocycles. The van der Waals surface area contributed by atoms with Gasteiger partial charge in [0.05, 0.1) is 16.8 Å². The smallest absolute Gasteiger partial charge is 0.352 e. The summed E-state index contributed by atoms with van der Waals surface area (Å²) in [7, 11) is 1.40. The summed E-state index contributed by atoms with van der Waals surface area (Å²) < 4.78 is 6.70. The van der Waals surface area contributed by atoms with Crippen molar-refractivity contribution in [3.05, 3.63) is 49.2 Å². The van der Waals surface area contributed by atoms with E-state index >= 15 is 0 Å². The van der Waals surface area contributed by atoms with Crippen molar-refractivity contribution in [3.63, 3.8) is 0 Å². The largest absolute Gasteiger partial charge is 0.393 e. The molecular weight excluding hydrogens is 362 g/mol. The Morgan fingerprint density at radius 1 is 1.42 bits per heavy atom. The summed E-state index contributed by atoms with van der Waals surface area (Å²) in [4.78, 5) is 46.3. The van der Waals surface area contributed by atoms with Crippen molar-refractivity contribution < 1.29 is 14.4 Å². The number of methoxy groups -OCH3 is 1. The number of ether oxygens (including phenoxy) is 1. The van der Waals surface area contributed by atoms with Crippen molar-refractivity contribution >= 4 is 23.0 Å². The van der Waals surface area contributed by atoms with E-state index in [1.54, 1.807) is 20.8 Å². The Morgan fingerprint density at radius 3 is 2.73 bits per heavy atom. The predicted octanol–water partition coefficient (Wildman–Crippen LogP) is 0.603. The maximum Gasteiger partial charge on any atom is 0.352 e. The van der Waals surface area contributed by atoms with Crippen molar-refractivity contribution in [2.75, 3.05) is 12.5 Å². The van der Waals surface area contributed by atoms with E-state index in [-0.39, 0.29) is 29.8 Å². The number of oxime groups is 1. The summed E-state index contributed by atoms with van der Waals surface area (Å²) in [5.74, 6) is -0.681. The highest BCUT2D eigenvalue weighted by Gasteiger charge is 2.17. The van der Waals surface area contributed by atoms with Gasteiger partial charge in [0.1, 0.15) is 18.5 Å². The Hall–Kier alpha value is -2.79. The van der Waals surface area contributed by atoms with Gasteiger partial charge < -0.3 is 9.57 Å². The first kappa shape index (κ1) is 19.5. The van der Waals surface area contributed by atoms with Crippen LogP contribution in [0.15, 0.2) is 31.8 Å². The lowest BCUT2D eigenvalue weighted by atomic mass is 10.2. The second-order valence-electron chi connectivity index (χ2n) is 5.50. The minimum absolute atomic E-state index is 0.0841. The number of rotatable bonds is 7. The molecule has 0 saturated heterocycles. The first-order valence-electron chi connectivity index (χ1n) is 7.61. The van der Waals surface area contributed by atoms with Crippen LogP contribution in [0.5, 0.6) is 0 Å². The maximum absolute atomic E-state index is 12.7. The van der Waals surface area contributed by atoms with E-state index in [1.807, 2.05) is 0 Å². The van der Waals surface area contributed by atoms with Crippen molar-refractivity contribution in [2.45, 2.75) is 33.6 Å². The predicted molar refractivity (Wildman–Crippen MR) is 96.2 cm³/mol. The number of amides is 1. The highest BCUT2D eigenvalue weighted by atomic mass is 32.1. The average molecular weight is 381 g/mol. The van der Waals surface area contributed by atoms with Gasteiger partial charge in [-0.2, -0.15) is 4.68 Å². The monoisotopic (exact) mass is 381 g/mol. The Morgan fingerprint density at radius 2 is 2.15 bits per heavy atom. The molecule has 0 saturated carbocycles. The molecular formula is C15H19N5O5S. The van der Waals surface area contributed by atoms with Gasteiger partial charge in [-0.1, -0.05) is 5.16 Å². The van der Waals surface area contributed by atoms with Crippen LogP contribution in [-0.4, -0.2) is 39.1 Å². The lowest BCUT2D eigenvalue weighted by Crippen LogP contribution is -2.48. The fourth-order valence-electron chi connectivity index (χ4n) is 1.90. The second-order valence-corrected chi connectivity index (χ2v) is 6.22. The molecule has 0 radical (unpaired) electrons. The first-order chi connectivity index (χ1) is 12.3. The highest BCUT2D eigenvalue weighted by molar-refractivity contribution is 7.07. The van der Waals surface area contributed by atoms with Gasteiger partial charge in [0.25, 0.3) is 11.5 Å². The zero-order valence-electron chi connectivity index (χ0n) is 14.8. The molecule has 0 fully saturated rings. The van der Waals surface area contributed by atoms with Crippen LogP contribution in [-0.2, 0) is 16.3 Å². The van der Waals surface area contributed by atoms with Crippen LogP contribution in [0.4, 0.5) is 0 Å². The van der Waals surface area contributed by atoms with Gasteiger partial charge >= 0.3 is 5.69 Å². The normalized spacial score (nSPS) is 11.7. The van der Waals surface area contributed by atoms with E-state index in [0.717, 1.165) is 4.57 Å². The van der Waals surface area contributed by atoms with Crippen LogP contribution in [0.25, 0.3) is 0 Å². The lowest BCUT2D eigenvalue weighted by molar-refractivity contribution is 0.0859. The highest BCUT2D eigenvalue weighted by Crippen LogP contribution is 2.01. The number of thiazole rings is 1. The second kappa shape index (κ2) is 8.54. The standard InChI is InChI=1S/C15H19N5O5S/c1-9(2)25-18-10(3)11-5-19(8-24-4)15(23)20(14(11)22)17-13(21)12-6-26-7-16-12/h5-7,9H,8H2,1-4H3,(H,17,21)/b18-10+. The molecule has 0 unspecified atom stereocenters. The molecule has 2 aromatic rings.